The van der Waals surface area contributed by atoms with Crippen molar-refractivity contribution < 1.29 is 32.7 Å². The summed E-state index contributed by atoms with van der Waals surface area (Å²) >= 11 is -1.01. The van der Waals surface area contributed by atoms with Crippen LogP contribution in [0.15, 0.2) is 66.9 Å². The van der Waals surface area contributed by atoms with E-state index in [9.17, 15) is 32.7 Å². The van der Waals surface area contributed by atoms with Gasteiger partial charge in [-0.05, 0) is 13.0 Å². The zero-order valence-corrected chi connectivity index (χ0v) is 26.5. The molecular weight excluding hydrogens is 634 g/mol. The van der Waals surface area contributed by atoms with E-state index in [2.05, 4.69) is 15.2 Å². The molecule has 232 valence electrons. The predicted octanol–water partition coefficient (Wildman–Crippen LogP) is 4.99. The van der Waals surface area contributed by atoms with E-state index < -0.39 is 39.0 Å². The topological polar surface area (TPSA) is 99.6 Å². The quantitative estimate of drug-likeness (QED) is 0.246. The van der Waals surface area contributed by atoms with Gasteiger partial charge in [-0.15, -0.1) is 0 Å². The molecule has 2 N–H and O–H groups in total. The number of benzene rings is 2. The number of rotatable bonds is 9. The molecule has 2 fully saturated rings. The second kappa shape index (κ2) is 13.3. The van der Waals surface area contributed by atoms with Gasteiger partial charge in [-0.25, -0.2) is 0 Å². The number of aliphatic hydroxyl groups is 1. The van der Waals surface area contributed by atoms with E-state index in [4.69, 9.17) is 0 Å². The summed E-state index contributed by atoms with van der Waals surface area (Å²) in [4.78, 5) is 43.7. The normalized spacial score (nSPS) is 22.8. The number of likely N-dealkylation sites (tertiary alicyclic amines) is 1. The molecule has 1 amide bonds. The first-order chi connectivity index (χ1) is 20.9. The molecule has 44 heavy (non-hydrogen) atoms. The zero-order chi connectivity index (χ0) is 31.5. The minimum absolute atomic E-state index is 0.00138. The summed E-state index contributed by atoms with van der Waals surface area (Å²) in [6.07, 6.45) is 0.902. The minimum atomic E-state index is -4.54. The Bertz CT molecular complexity index is 1520. The standard InChI is InChI=1S/C33H35AsF3N3O4/c1-21(41)22-4-2-5-23(16-22)25-8-9-29(38-18-25)32(44)13-10-28(11-14-32)40-15-12-27(20-40)34-30(42)19-39-31(43)24-6-3-7-26(17-24)33(35,36)37/h2-9,16-18,27-28,34,44H,10-15,19-20H2,1H3,(H,39,43). The molecule has 11 heteroatoms. The van der Waals surface area contributed by atoms with Crippen molar-refractivity contribution in [1.82, 2.24) is 15.2 Å². The van der Waals surface area contributed by atoms with Crippen molar-refractivity contribution in [2.24, 2.45) is 0 Å². The summed E-state index contributed by atoms with van der Waals surface area (Å²) in [6, 6.07) is 15.7. The predicted molar refractivity (Wildman–Crippen MR) is 162 cm³/mol. The Balaban J connectivity index is 1.08. The largest absolute Gasteiger partial charge is 0.0435 e. The maximum atomic E-state index is 12.9. The molecule has 2 heterocycles. The molecule has 1 aliphatic carbocycles. The third-order valence-electron chi connectivity index (χ3n) is 8.59. The number of carbonyl (C=O) groups excluding carboxylic acids is 3. The van der Waals surface area contributed by atoms with Crippen molar-refractivity contribution in [3.63, 3.8) is 0 Å². The monoisotopic (exact) mass is 669 g/mol. The van der Waals surface area contributed by atoms with E-state index in [0.717, 1.165) is 55.6 Å². The van der Waals surface area contributed by atoms with Crippen LogP contribution in [0.5, 0.6) is 0 Å². The van der Waals surface area contributed by atoms with Crippen LogP contribution < -0.4 is 5.32 Å². The van der Waals surface area contributed by atoms with Crippen LogP contribution in [0.4, 0.5) is 13.2 Å². The van der Waals surface area contributed by atoms with Gasteiger partial charge in [0.1, 0.15) is 0 Å². The van der Waals surface area contributed by atoms with Crippen LogP contribution in [-0.2, 0) is 16.6 Å². The molecule has 0 spiro atoms. The average molecular weight is 670 g/mol. The zero-order valence-electron chi connectivity index (χ0n) is 24.4. The Morgan fingerprint density at radius 2 is 1.73 bits per heavy atom. The van der Waals surface area contributed by atoms with Gasteiger partial charge in [-0.2, -0.15) is 0 Å². The van der Waals surface area contributed by atoms with Crippen molar-refractivity contribution >= 4 is 32.0 Å². The van der Waals surface area contributed by atoms with E-state index >= 15 is 0 Å². The van der Waals surface area contributed by atoms with Crippen LogP contribution >= 0.6 is 0 Å². The van der Waals surface area contributed by atoms with Gasteiger partial charge in [0.05, 0.1) is 0 Å². The first-order valence-corrected chi connectivity index (χ1v) is 17.0. The van der Waals surface area contributed by atoms with E-state index in [1.807, 2.05) is 30.3 Å². The summed E-state index contributed by atoms with van der Waals surface area (Å²) in [5.74, 6) is -0.688. The van der Waals surface area contributed by atoms with Crippen molar-refractivity contribution in [2.45, 2.75) is 61.6 Å². The fourth-order valence-corrected chi connectivity index (χ4v) is 8.69. The Hall–Kier alpha value is -3.33. The molecule has 2 unspecified atom stereocenters. The third kappa shape index (κ3) is 7.65. The average Bonchev–Trinajstić information content (AvgIpc) is 3.48. The van der Waals surface area contributed by atoms with Crippen LogP contribution in [0.2, 0.25) is 4.71 Å². The molecule has 5 rings (SSSR count). The van der Waals surface area contributed by atoms with E-state index in [1.165, 1.54) is 19.1 Å². The Kier molecular flexibility index (Phi) is 9.73. The Morgan fingerprint density at radius 1 is 1.00 bits per heavy atom. The number of halogens is 3. The first-order valence-electron chi connectivity index (χ1n) is 14.7. The number of hydrogen-bond donors (Lipinski definition) is 2. The number of Topliss-reactive ketones (excluding diaryl/α,β-unsaturated/α-hetero) is 1. The summed E-state index contributed by atoms with van der Waals surface area (Å²) in [7, 11) is 0. The van der Waals surface area contributed by atoms with Gasteiger partial charge in [0, 0.05) is 5.56 Å². The first kappa shape index (κ1) is 32.1. The molecule has 1 saturated carbocycles. The Morgan fingerprint density at radius 3 is 2.41 bits per heavy atom. The van der Waals surface area contributed by atoms with Crippen LogP contribution in [0.1, 0.15) is 71.0 Å². The van der Waals surface area contributed by atoms with Gasteiger partial charge >= 0.3 is 214 Å². The van der Waals surface area contributed by atoms with Crippen LogP contribution in [-0.4, -0.2) is 72.7 Å². The molecule has 2 atom stereocenters. The maximum Gasteiger partial charge on any atom is -0.0435 e. The number of nitrogens with zero attached hydrogens (tertiary/aromatic N) is 2. The van der Waals surface area contributed by atoms with Gasteiger partial charge in [0.15, 0.2) is 5.78 Å². The van der Waals surface area contributed by atoms with Gasteiger partial charge in [0.2, 0.25) is 0 Å². The third-order valence-corrected chi connectivity index (χ3v) is 11.5. The summed E-state index contributed by atoms with van der Waals surface area (Å²) < 4.78 is 39.1. The molecule has 0 bridgehead atoms. The van der Waals surface area contributed by atoms with Crippen LogP contribution in [0, 0.1) is 0 Å². The molecule has 7 nitrogen and oxygen atoms in total. The molecule has 0 radical (unpaired) electrons. The molecule has 2 aromatic carbocycles. The van der Waals surface area contributed by atoms with Gasteiger partial charge < -0.3 is 0 Å². The second-order valence-corrected chi connectivity index (χ2v) is 15.1. The van der Waals surface area contributed by atoms with Crippen LogP contribution in [0.25, 0.3) is 11.1 Å². The molecule has 3 aromatic rings. The summed E-state index contributed by atoms with van der Waals surface area (Å²) in [6.45, 7) is 3.06. The van der Waals surface area contributed by atoms with E-state index in [1.54, 1.807) is 12.3 Å². The molecule has 1 aromatic heterocycles. The molecule has 1 saturated heterocycles. The van der Waals surface area contributed by atoms with Crippen molar-refractivity contribution in [1.29, 1.82) is 0 Å². The fraction of sp³-hybridized carbons (Fsp3) is 0.394. The fourth-order valence-electron chi connectivity index (χ4n) is 6.07. The van der Waals surface area contributed by atoms with Crippen molar-refractivity contribution in [3.8, 4) is 11.1 Å². The number of pyridine rings is 1. The maximum absolute atomic E-state index is 12.9. The second-order valence-electron chi connectivity index (χ2n) is 11.6. The van der Waals surface area contributed by atoms with E-state index in [0.29, 0.717) is 30.1 Å². The number of ketones is 1. The Labute approximate surface area is 260 Å². The smallest absolute Gasteiger partial charge is 0.0435 e. The summed E-state index contributed by atoms with van der Waals surface area (Å²) in [5, 5.41) is 13.9. The van der Waals surface area contributed by atoms with Gasteiger partial charge in [0.25, 0.3) is 0 Å². The number of nitrogens with one attached hydrogen (secondary N) is 1. The summed E-state index contributed by atoms with van der Waals surface area (Å²) in [5.41, 5.74) is 1.03. The number of hydrogen-bond acceptors (Lipinski definition) is 6. The minimum Gasteiger partial charge on any atom is -0.0435 e. The number of carbonyl (C=O) groups is 3. The molecule has 1 aliphatic heterocycles. The molecular formula is C33H35AsF3N3O4. The number of alkyl halides is 3. The van der Waals surface area contributed by atoms with Crippen molar-refractivity contribution in [3.05, 3.63) is 89.2 Å². The number of aromatic nitrogens is 1. The molecule has 2 aliphatic rings. The van der Waals surface area contributed by atoms with Crippen molar-refractivity contribution in [2.75, 3.05) is 19.6 Å². The van der Waals surface area contributed by atoms with E-state index in [-0.39, 0.29) is 27.2 Å². The number of amides is 1. The van der Waals surface area contributed by atoms with Gasteiger partial charge in [-0.3, -0.25) is 4.79 Å². The SMILES string of the molecule is CC(=O)c1cccc(-c2ccc(C3(O)CCC(N4CCC([AsH]C(=O)CNC(=O)c5cccc(C(F)(F)F)c5)C4)CC3)nc2)c1. The van der Waals surface area contributed by atoms with Gasteiger partial charge in [-0.1, -0.05) is 18.2 Å². The van der Waals surface area contributed by atoms with Crippen LogP contribution in [0.3, 0.4) is 0 Å².